The Morgan fingerprint density at radius 3 is 2.67 bits per heavy atom. The summed E-state index contributed by atoms with van der Waals surface area (Å²) in [5, 5.41) is 9.23. The molecule has 21 heavy (non-hydrogen) atoms. The molecule has 0 heterocycles. The Kier molecular flexibility index (Phi) is 6.18. The van der Waals surface area contributed by atoms with Gasteiger partial charge >= 0.3 is 5.97 Å². The van der Waals surface area contributed by atoms with E-state index in [4.69, 9.17) is 27.3 Å². The molecular weight excluding hydrogens is 292 g/mol. The summed E-state index contributed by atoms with van der Waals surface area (Å²) in [4.78, 5) is 23.0. The van der Waals surface area contributed by atoms with Gasteiger partial charge in [-0.05, 0) is 24.6 Å². The molecule has 0 aliphatic rings. The predicted molar refractivity (Wildman–Crippen MR) is 79.0 cm³/mol. The van der Waals surface area contributed by atoms with E-state index < -0.39 is 18.4 Å². The molecule has 0 saturated carbocycles. The van der Waals surface area contributed by atoms with E-state index in [0.717, 1.165) is 6.08 Å². The monoisotopic (exact) mass is 304 g/mol. The molecule has 0 aliphatic carbocycles. The second-order valence-corrected chi connectivity index (χ2v) is 4.46. The second kappa shape index (κ2) is 7.88. The van der Waals surface area contributed by atoms with Crippen LogP contribution in [0.3, 0.4) is 0 Å². The van der Waals surface area contributed by atoms with E-state index in [1.165, 1.54) is 13.0 Å². The SMILES string of the molecule is C/C(N)=C(/C#N)C(=O)COC(=O)/C=C/c1ccccc1Cl. The van der Waals surface area contributed by atoms with Gasteiger partial charge in [0, 0.05) is 16.8 Å². The number of carbonyl (C=O) groups is 2. The minimum absolute atomic E-state index is 0.0881. The highest BCUT2D eigenvalue weighted by Gasteiger charge is 2.13. The van der Waals surface area contributed by atoms with Crippen LogP contribution in [-0.2, 0) is 14.3 Å². The number of nitriles is 1. The van der Waals surface area contributed by atoms with Crippen molar-refractivity contribution in [1.82, 2.24) is 0 Å². The number of ketones is 1. The molecule has 0 bridgehead atoms. The van der Waals surface area contributed by atoms with Crippen molar-refractivity contribution in [1.29, 1.82) is 5.26 Å². The fourth-order valence-corrected chi connectivity index (χ4v) is 1.59. The van der Waals surface area contributed by atoms with Crippen molar-refractivity contribution in [3.05, 3.63) is 52.2 Å². The summed E-state index contributed by atoms with van der Waals surface area (Å²) in [6, 6.07) is 8.62. The largest absolute Gasteiger partial charge is 0.454 e. The van der Waals surface area contributed by atoms with Gasteiger partial charge in [0.25, 0.3) is 0 Å². The highest BCUT2D eigenvalue weighted by Crippen LogP contribution is 2.16. The van der Waals surface area contributed by atoms with Gasteiger partial charge < -0.3 is 10.5 Å². The average molecular weight is 305 g/mol. The molecule has 5 nitrogen and oxygen atoms in total. The number of Topliss-reactive ketones (excluding diaryl/α,β-unsaturated/α-hetero) is 1. The third kappa shape index (κ3) is 5.13. The molecule has 0 saturated heterocycles. The van der Waals surface area contributed by atoms with E-state index in [9.17, 15) is 9.59 Å². The van der Waals surface area contributed by atoms with Gasteiger partial charge in [-0.3, -0.25) is 4.79 Å². The summed E-state index contributed by atoms with van der Waals surface area (Å²) in [5.74, 6) is -1.35. The van der Waals surface area contributed by atoms with Gasteiger partial charge in [-0.1, -0.05) is 29.8 Å². The number of rotatable bonds is 5. The average Bonchev–Trinajstić information content (AvgIpc) is 2.44. The summed E-state index contributed by atoms with van der Waals surface area (Å²) >= 11 is 5.92. The van der Waals surface area contributed by atoms with Crippen LogP contribution in [0.2, 0.25) is 5.02 Å². The summed E-state index contributed by atoms with van der Waals surface area (Å²) in [6.07, 6.45) is 2.63. The molecule has 1 rings (SSSR count). The lowest BCUT2D eigenvalue weighted by atomic mass is 10.1. The Labute approximate surface area is 127 Å². The minimum atomic E-state index is -0.713. The first kappa shape index (κ1) is 16.5. The first-order chi connectivity index (χ1) is 9.95. The Bertz CT molecular complexity index is 653. The van der Waals surface area contributed by atoms with E-state index in [1.807, 2.05) is 0 Å². The van der Waals surface area contributed by atoms with Crippen LogP contribution in [0.15, 0.2) is 41.6 Å². The van der Waals surface area contributed by atoms with Crippen molar-refractivity contribution in [2.45, 2.75) is 6.92 Å². The topological polar surface area (TPSA) is 93.2 Å². The van der Waals surface area contributed by atoms with Crippen LogP contribution in [-0.4, -0.2) is 18.4 Å². The Balaban J connectivity index is 2.60. The van der Waals surface area contributed by atoms with Gasteiger partial charge in [-0.25, -0.2) is 4.79 Å². The molecule has 0 aliphatic heterocycles. The lowest BCUT2D eigenvalue weighted by molar-refractivity contribution is -0.141. The van der Waals surface area contributed by atoms with Crippen LogP contribution >= 0.6 is 11.6 Å². The summed E-state index contributed by atoms with van der Waals surface area (Å²) in [5.41, 5.74) is 5.90. The van der Waals surface area contributed by atoms with Gasteiger partial charge in [0.2, 0.25) is 5.78 Å². The number of allylic oxidation sites excluding steroid dienone is 1. The molecule has 108 valence electrons. The van der Waals surface area contributed by atoms with E-state index in [0.29, 0.717) is 10.6 Å². The number of ether oxygens (including phenoxy) is 1. The molecule has 0 radical (unpaired) electrons. The molecule has 0 spiro atoms. The van der Waals surface area contributed by atoms with Gasteiger partial charge in [0.05, 0.1) is 0 Å². The van der Waals surface area contributed by atoms with E-state index in [1.54, 1.807) is 30.3 Å². The predicted octanol–water partition coefficient (Wildman–Crippen LogP) is 2.22. The number of hydrogen-bond acceptors (Lipinski definition) is 5. The Hall–Kier alpha value is -2.58. The van der Waals surface area contributed by atoms with Gasteiger partial charge in [-0.2, -0.15) is 5.26 Å². The number of carbonyl (C=O) groups excluding carboxylic acids is 2. The zero-order valence-corrected chi connectivity index (χ0v) is 12.1. The zero-order valence-electron chi connectivity index (χ0n) is 11.3. The summed E-state index contributed by atoms with van der Waals surface area (Å²) < 4.78 is 4.74. The molecule has 1 aromatic rings. The third-order valence-electron chi connectivity index (χ3n) is 2.43. The van der Waals surface area contributed by atoms with Crippen molar-refractivity contribution >= 4 is 29.4 Å². The second-order valence-electron chi connectivity index (χ2n) is 4.06. The number of halogens is 1. The van der Waals surface area contributed by atoms with Crippen LogP contribution in [0.25, 0.3) is 6.08 Å². The number of esters is 1. The maximum Gasteiger partial charge on any atom is 0.331 e. The fraction of sp³-hybridized carbons (Fsp3) is 0.133. The van der Waals surface area contributed by atoms with Crippen molar-refractivity contribution < 1.29 is 14.3 Å². The maximum absolute atomic E-state index is 11.6. The summed E-state index contributed by atoms with van der Waals surface area (Å²) in [6.45, 7) is 0.888. The lowest BCUT2D eigenvalue weighted by Gasteiger charge is -2.02. The zero-order chi connectivity index (χ0) is 15.8. The quantitative estimate of drug-likeness (QED) is 0.511. The van der Waals surface area contributed by atoms with E-state index in [2.05, 4.69) is 0 Å². The first-order valence-electron chi connectivity index (χ1n) is 5.94. The van der Waals surface area contributed by atoms with Crippen LogP contribution in [0, 0.1) is 11.3 Å². The summed E-state index contributed by atoms with van der Waals surface area (Å²) in [7, 11) is 0. The van der Waals surface area contributed by atoms with Crippen LogP contribution in [0.4, 0.5) is 0 Å². The molecule has 0 amide bonds. The third-order valence-corrected chi connectivity index (χ3v) is 2.78. The maximum atomic E-state index is 11.6. The fourth-order valence-electron chi connectivity index (χ4n) is 1.40. The Morgan fingerprint density at radius 2 is 2.10 bits per heavy atom. The smallest absolute Gasteiger partial charge is 0.331 e. The first-order valence-corrected chi connectivity index (χ1v) is 6.32. The van der Waals surface area contributed by atoms with Crippen LogP contribution in [0.1, 0.15) is 12.5 Å². The molecule has 0 atom stereocenters. The molecular formula is C15H13ClN2O3. The lowest BCUT2D eigenvalue weighted by Crippen LogP contribution is -2.16. The number of benzene rings is 1. The van der Waals surface area contributed by atoms with Crippen LogP contribution < -0.4 is 5.73 Å². The van der Waals surface area contributed by atoms with Crippen molar-refractivity contribution in [2.24, 2.45) is 5.73 Å². The van der Waals surface area contributed by atoms with Gasteiger partial charge in [-0.15, -0.1) is 0 Å². The Morgan fingerprint density at radius 1 is 1.43 bits per heavy atom. The number of nitrogens with two attached hydrogens (primary N) is 1. The molecule has 0 unspecified atom stereocenters. The van der Waals surface area contributed by atoms with E-state index in [-0.39, 0.29) is 11.3 Å². The molecule has 1 aromatic carbocycles. The van der Waals surface area contributed by atoms with Crippen molar-refractivity contribution in [2.75, 3.05) is 6.61 Å². The highest BCUT2D eigenvalue weighted by atomic mass is 35.5. The highest BCUT2D eigenvalue weighted by molar-refractivity contribution is 6.32. The minimum Gasteiger partial charge on any atom is -0.454 e. The molecule has 0 fully saturated rings. The molecule has 2 N–H and O–H groups in total. The standard InChI is InChI=1S/C15H13ClN2O3/c1-10(18)12(8-17)14(19)9-21-15(20)7-6-11-4-2-3-5-13(11)16/h2-7H,9,18H2,1H3/b7-6+,12-10+. The number of nitrogens with zero attached hydrogens (tertiary/aromatic N) is 1. The number of hydrogen-bond donors (Lipinski definition) is 1. The van der Waals surface area contributed by atoms with Crippen LogP contribution in [0.5, 0.6) is 0 Å². The van der Waals surface area contributed by atoms with Gasteiger partial charge in [0.15, 0.2) is 6.61 Å². The van der Waals surface area contributed by atoms with E-state index >= 15 is 0 Å². The van der Waals surface area contributed by atoms with Crippen molar-refractivity contribution in [3.8, 4) is 6.07 Å². The normalized spacial score (nSPS) is 11.7. The van der Waals surface area contributed by atoms with Gasteiger partial charge in [0.1, 0.15) is 11.6 Å². The molecule has 6 heteroatoms. The van der Waals surface area contributed by atoms with Crippen molar-refractivity contribution in [3.63, 3.8) is 0 Å². The molecule has 0 aromatic heterocycles.